The highest BCUT2D eigenvalue weighted by atomic mass is 32.2. The Morgan fingerprint density at radius 3 is 1.44 bits per heavy atom. The molecule has 0 amide bonds. The maximum Gasteiger partial charge on any atom is 0.319 e. The fourth-order valence-corrected chi connectivity index (χ4v) is 5.78. The smallest absolute Gasteiger partial charge is 0.319 e. The van der Waals surface area contributed by atoms with Gasteiger partial charge in [0.1, 0.15) is 5.25 Å². The van der Waals surface area contributed by atoms with Crippen LogP contribution in [0.4, 0.5) is 0 Å². The second-order valence-corrected chi connectivity index (χ2v) is 9.02. The highest BCUT2D eigenvalue weighted by Crippen LogP contribution is 2.50. The van der Waals surface area contributed by atoms with Crippen LogP contribution >= 0.6 is 11.8 Å². The zero-order valence-electron chi connectivity index (χ0n) is 18.1. The van der Waals surface area contributed by atoms with E-state index in [1.165, 1.54) is 7.11 Å². The second kappa shape index (κ2) is 10.3. The lowest BCUT2D eigenvalue weighted by atomic mass is 9.84. The van der Waals surface area contributed by atoms with Crippen LogP contribution in [0.2, 0.25) is 0 Å². The van der Waals surface area contributed by atoms with Crippen molar-refractivity contribution in [2.75, 3.05) is 7.11 Å². The quantitative estimate of drug-likeness (QED) is 0.232. The lowest BCUT2D eigenvalue weighted by molar-refractivity contribution is -0.139. The molecule has 4 rings (SSSR count). The molecule has 0 heterocycles. The highest BCUT2D eigenvalue weighted by molar-refractivity contribution is 8.01. The normalized spacial score (nSPS) is 12.2. The van der Waals surface area contributed by atoms with E-state index in [4.69, 9.17) is 4.74 Å². The van der Waals surface area contributed by atoms with E-state index < -0.39 is 4.75 Å². The van der Waals surface area contributed by atoms with Crippen LogP contribution in [0.25, 0.3) is 0 Å². The molecule has 4 aromatic carbocycles. The van der Waals surface area contributed by atoms with Crippen molar-refractivity contribution in [2.24, 2.45) is 0 Å². The van der Waals surface area contributed by atoms with Crippen LogP contribution in [0.3, 0.4) is 0 Å². The number of benzene rings is 4. The Morgan fingerprint density at radius 2 is 1.06 bits per heavy atom. The Balaban J connectivity index is 1.90. The summed E-state index contributed by atoms with van der Waals surface area (Å²) in [5, 5.41) is -0.386. The molecule has 1 unspecified atom stereocenters. The molecule has 0 saturated heterocycles. The summed E-state index contributed by atoms with van der Waals surface area (Å²) >= 11 is 1.65. The highest BCUT2D eigenvalue weighted by Gasteiger charge is 2.41. The average molecular weight is 439 g/mol. The van der Waals surface area contributed by atoms with E-state index in [1.54, 1.807) is 11.8 Å². The number of methoxy groups -OCH3 is 1. The zero-order valence-corrected chi connectivity index (χ0v) is 18.9. The minimum absolute atomic E-state index is 0.217. The number of hydrogen-bond acceptors (Lipinski definition) is 3. The summed E-state index contributed by atoms with van der Waals surface area (Å²) < 4.78 is 4.71. The molecule has 2 nitrogen and oxygen atoms in total. The molecule has 0 N–H and O–H groups in total. The third kappa shape index (κ3) is 4.63. The van der Waals surface area contributed by atoms with Crippen molar-refractivity contribution < 1.29 is 9.53 Å². The molecule has 0 bridgehead atoms. The van der Waals surface area contributed by atoms with Gasteiger partial charge in [-0.2, -0.15) is 0 Å². The van der Waals surface area contributed by atoms with Gasteiger partial charge in [0, 0.05) is 0 Å². The third-order valence-electron chi connectivity index (χ3n) is 5.59. The van der Waals surface area contributed by atoms with Crippen molar-refractivity contribution in [3.8, 4) is 0 Å². The number of carbonyl (C=O) groups excluding carboxylic acids is 1. The predicted molar refractivity (Wildman–Crippen MR) is 133 cm³/mol. The van der Waals surface area contributed by atoms with Gasteiger partial charge >= 0.3 is 5.97 Å². The zero-order chi connectivity index (χ0) is 22.2. The predicted octanol–water partition coefficient (Wildman–Crippen LogP) is 6.50. The molecule has 0 aliphatic heterocycles. The Hall–Kier alpha value is -3.30. The molecule has 0 radical (unpaired) electrons. The van der Waals surface area contributed by atoms with E-state index in [0.717, 1.165) is 22.3 Å². The summed E-state index contributed by atoms with van der Waals surface area (Å²) in [6, 6.07) is 41.4. The minimum Gasteiger partial charge on any atom is -0.468 e. The molecule has 4 aromatic rings. The minimum atomic E-state index is -0.572. The summed E-state index contributed by atoms with van der Waals surface area (Å²) in [6.45, 7) is 0. The number of thioether (sulfide) groups is 1. The lowest BCUT2D eigenvalue weighted by Gasteiger charge is -2.37. The molecular formula is C29H26O2S. The summed E-state index contributed by atoms with van der Waals surface area (Å²) in [5.74, 6) is -0.217. The Bertz CT molecular complexity index is 1020. The summed E-state index contributed by atoms with van der Waals surface area (Å²) in [5.41, 5.74) is 4.50. The van der Waals surface area contributed by atoms with Gasteiger partial charge in [-0.05, 0) is 28.7 Å². The number of ether oxygens (including phenoxy) is 1. The number of carbonyl (C=O) groups is 1. The number of rotatable bonds is 8. The van der Waals surface area contributed by atoms with E-state index in [1.807, 2.05) is 36.4 Å². The topological polar surface area (TPSA) is 26.3 Å². The van der Waals surface area contributed by atoms with E-state index in [-0.39, 0.29) is 11.2 Å². The van der Waals surface area contributed by atoms with Gasteiger partial charge in [-0.1, -0.05) is 121 Å². The molecule has 1 atom stereocenters. The first-order valence-corrected chi connectivity index (χ1v) is 11.6. The van der Waals surface area contributed by atoms with Crippen LogP contribution in [0.5, 0.6) is 0 Å². The van der Waals surface area contributed by atoms with E-state index in [0.29, 0.717) is 6.42 Å². The van der Waals surface area contributed by atoms with E-state index in [2.05, 4.69) is 84.9 Å². The molecule has 0 aliphatic carbocycles. The van der Waals surface area contributed by atoms with Gasteiger partial charge in [0.2, 0.25) is 0 Å². The summed E-state index contributed by atoms with van der Waals surface area (Å²) in [7, 11) is 1.47. The van der Waals surface area contributed by atoms with Gasteiger partial charge in [0.15, 0.2) is 0 Å². The van der Waals surface area contributed by atoms with Crippen LogP contribution in [-0.4, -0.2) is 18.3 Å². The molecule has 32 heavy (non-hydrogen) atoms. The van der Waals surface area contributed by atoms with Crippen molar-refractivity contribution in [3.05, 3.63) is 144 Å². The van der Waals surface area contributed by atoms with E-state index in [9.17, 15) is 4.79 Å². The molecule has 0 aliphatic rings. The first-order chi connectivity index (χ1) is 15.7. The molecule has 0 fully saturated rings. The second-order valence-electron chi connectivity index (χ2n) is 7.60. The average Bonchev–Trinajstić information content (AvgIpc) is 2.88. The van der Waals surface area contributed by atoms with Crippen molar-refractivity contribution in [1.29, 1.82) is 0 Å². The third-order valence-corrected chi connectivity index (χ3v) is 7.29. The largest absolute Gasteiger partial charge is 0.468 e. The van der Waals surface area contributed by atoms with Crippen molar-refractivity contribution in [3.63, 3.8) is 0 Å². The molecule has 160 valence electrons. The van der Waals surface area contributed by atoms with Crippen LogP contribution in [-0.2, 0) is 20.7 Å². The molecule has 0 saturated carbocycles. The van der Waals surface area contributed by atoms with Crippen molar-refractivity contribution in [1.82, 2.24) is 0 Å². The van der Waals surface area contributed by atoms with Crippen LogP contribution in [0.15, 0.2) is 121 Å². The molecule has 0 aromatic heterocycles. The van der Waals surface area contributed by atoms with E-state index >= 15 is 0 Å². The maximum atomic E-state index is 13.0. The fourth-order valence-electron chi connectivity index (χ4n) is 4.07. The van der Waals surface area contributed by atoms with Crippen molar-refractivity contribution in [2.45, 2.75) is 16.4 Å². The monoisotopic (exact) mass is 438 g/mol. The van der Waals surface area contributed by atoms with Crippen LogP contribution < -0.4 is 0 Å². The molecular weight excluding hydrogens is 412 g/mol. The van der Waals surface area contributed by atoms with Gasteiger partial charge in [-0.25, -0.2) is 0 Å². The standard InChI is InChI=1S/C29H26O2S/c1-31-28(30)27(22-23-14-6-2-7-15-23)32-29(24-16-8-3-9-17-24,25-18-10-4-11-19-25)26-20-12-5-13-21-26/h2-21,27H,22H2,1H3. The molecule has 3 heteroatoms. The Kier molecular flexibility index (Phi) is 7.08. The molecule has 0 spiro atoms. The van der Waals surface area contributed by atoms with Gasteiger partial charge in [-0.15, -0.1) is 11.8 Å². The Labute approximate surface area is 194 Å². The Morgan fingerprint density at radius 1 is 0.688 bits per heavy atom. The maximum absolute atomic E-state index is 13.0. The summed E-state index contributed by atoms with van der Waals surface area (Å²) in [4.78, 5) is 13.0. The van der Waals surface area contributed by atoms with Gasteiger partial charge < -0.3 is 4.74 Å². The number of esters is 1. The van der Waals surface area contributed by atoms with Crippen LogP contribution in [0.1, 0.15) is 22.3 Å². The number of hydrogen-bond donors (Lipinski definition) is 0. The first kappa shape index (κ1) is 21.9. The first-order valence-electron chi connectivity index (χ1n) is 10.7. The van der Waals surface area contributed by atoms with Gasteiger partial charge in [0.25, 0.3) is 0 Å². The summed E-state index contributed by atoms with van der Waals surface area (Å²) in [6.07, 6.45) is 0.590. The fraction of sp³-hybridized carbons (Fsp3) is 0.138. The lowest BCUT2D eigenvalue weighted by Crippen LogP contribution is -2.33. The SMILES string of the molecule is COC(=O)C(Cc1ccccc1)SC(c1ccccc1)(c1ccccc1)c1ccccc1. The van der Waals surface area contributed by atoms with Crippen LogP contribution in [0, 0.1) is 0 Å². The van der Waals surface area contributed by atoms with Gasteiger partial charge in [-0.3, -0.25) is 4.79 Å². The van der Waals surface area contributed by atoms with Crippen molar-refractivity contribution >= 4 is 17.7 Å². The van der Waals surface area contributed by atoms with Gasteiger partial charge in [0.05, 0.1) is 11.9 Å².